The van der Waals surface area contributed by atoms with Crippen molar-refractivity contribution in [2.45, 2.75) is 12.3 Å². The van der Waals surface area contributed by atoms with Crippen LogP contribution in [0.25, 0.3) is 0 Å². The molecule has 0 spiro atoms. The van der Waals surface area contributed by atoms with Crippen LogP contribution in [0, 0.1) is 0 Å². The Morgan fingerprint density at radius 1 is 1.31 bits per heavy atom. The standard InChI is InChI=1S/C10H12N2O/c11-10-6-12-9(7-13-10)8-4-2-1-3-5-8/h1-6,9-10H,7,11H2. The van der Waals surface area contributed by atoms with Gasteiger partial charge in [-0.25, -0.2) is 0 Å². The van der Waals surface area contributed by atoms with Crippen LogP contribution in [0.2, 0.25) is 0 Å². The molecular weight excluding hydrogens is 164 g/mol. The predicted octanol–water partition coefficient (Wildman–Crippen LogP) is 1.11. The highest BCUT2D eigenvalue weighted by Crippen LogP contribution is 2.19. The van der Waals surface area contributed by atoms with Gasteiger partial charge in [-0.2, -0.15) is 0 Å². The molecule has 0 bridgehead atoms. The molecular formula is C10H12N2O. The van der Waals surface area contributed by atoms with Crippen LogP contribution in [0.1, 0.15) is 11.6 Å². The molecule has 0 aromatic heterocycles. The topological polar surface area (TPSA) is 47.6 Å². The van der Waals surface area contributed by atoms with E-state index in [1.54, 1.807) is 6.21 Å². The van der Waals surface area contributed by atoms with E-state index < -0.39 is 0 Å². The van der Waals surface area contributed by atoms with Gasteiger partial charge in [0.15, 0.2) is 0 Å². The van der Waals surface area contributed by atoms with Crippen LogP contribution in [0.3, 0.4) is 0 Å². The van der Waals surface area contributed by atoms with Crippen LogP contribution in [-0.2, 0) is 4.74 Å². The van der Waals surface area contributed by atoms with Gasteiger partial charge >= 0.3 is 0 Å². The second-order valence-corrected chi connectivity index (χ2v) is 3.02. The molecule has 0 fully saturated rings. The number of rotatable bonds is 1. The summed E-state index contributed by atoms with van der Waals surface area (Å²) >= 11 is 0. The van der Waals surface area contributed by atoms with E-state index in [1.165, 1.54) is 5.56 Å². The molecule has 68 valence electrons. The lowest BCUT2D eigenvalue weighted by atomic mass is 10.1. The summed E-state index contributed by atoms with van der Waals surface area (Å²) in [6.07, 6.45) is 1.32. The zero-order valence-electron chi connectivity index (χ0n) is 7.26. The molecule has 1 aliphatic rings. The zero-order chi connectivity index (χ0) is 9.10. The molecule has 3 heteroatoms. The molecule has 0 saturated heterocycles. The largest absolute Gasteiger partial charge is 0.356 e. The van der Waals surface area contributed by atoms with Gasteiger partial charge in [-0.3, -0.25) is 4.99 Å². The maximum Gasteiger partial charge on any atom is 0.141 e. The third-order valence-electron chi connectivity index (χ3n) is 2.04. The van der Waals surface area contributed by atoms with Crippen molar-refractivity contribution in [1.82, 2.24) is 0 Å². The Hall–Kier alpha value is -1.19. The number of nitrogens with two attached hydrogens (primary N) is 1. The summed E-state index contributed by atoms with van der Waals surface area (Å²) in [5, 5.41) is 0. The van der Waals surface area contributed by atoms with Gasteiger partial charge in [0.05, 0.1) is 12.6 Å². The molecule has 0 aliphatic carbocycles. The minimum Gasteiger partial charge on any atom is -0.356 e. The highest BCUT2D eigenvalue weighted by Gasteiger charge is 2.15. The molecule has 2 unspecified atom stereocenters. The van der Waals surface area contributed by atoms with Gasteiger partial charge in [-0.15, -0.1) is 0 Å². The monoisotopic (exact) mass is 176 g/mol. The molecule has 0 saturated carbocycles. The third-order valence-corrected chi connectivity index (χ3v) is 2.04. The van der Waals surface area contributed by atoms with Crippen LogP contribution in [0.4, 0.5) is 0 Å². The second kappa shape index (κ2) is 3.68. The first-order chi connectivity index (χ1) is 6.36. The summed E-state index contributed by atoms with van der Waals surface area (Å²) < 4.78 is 5.27. The summed E-state index contributed by atoms with van der Waals surface area (Å²) in [6, 6.07) is 10.2. The molecule has 3 nitrogen and oxygen atoms in total. The van der Waals surface area contributed by atoms with Crippen molar-refractivity contribution in [3.63, 3.8) is 0 Å². The Morgan fingerprint density at radius 2 is 2.08 bits per heavy atom. The first-order valence-corrected chi connectivity index (χ1v) is 4.32. The Bertz CT molecular complexity index is 297. The Balaban J connectivity index is 2.15. The highest BCUT2D eigenvalue weighted by molar-refractivity contribution is 5.63. The van der Waals surface area contributed by atoms with Gasteiger partial charge in [-0.05, 0) is 5.56 Å². The molecule has 0 amide bonds. The lowest BCUT2D eigenvalue weighted by molar-refractivity contribution is 0.0828. The lowest BCUT2D eigenvalue weighted by Crippen LogP contribution is -2.31. The predicted molar refractivity (Wildman–Crippen MR) is 51.6 cm³/mol. The van der Waals surface area contributed by atoms with Crippen LogP contribution < -0.4 is 5.73 Å². The number of hydrogen-bond acceptors (Lipinski definition) is 3. The fourth-order valence-electron chi connectivity index (χ4n) is 1.33. The van der Waals surface area contributed by atoms with E-state index in [2.05, 4.69) is 4.99 Å². The van der Waals surface area contributed by atoms with Gasteiger partial charge in [0, 0.05) is 6.21 Å². The Kier molecular flexibility index (Phi) is 2.38. The SMILES string of the molecule is NC1C=NC(c2ccccc2)CO1. The Morgan fingerprint density at radius 3 is 2.69 bits per heavy atom. The minimum atomic E-state index is -0.333. The molecule has 2 N–H and O–H groups in total. The summed E-state index contributed by atoms with van der Waals surface area (Å²) in [5.41, 5.74) is 6.68. The van der Waals surface area contributed by atoms with E-state index >= 15 is 0 Å². The van der Waals surface area contributed by atoms with E-state index in [9.17, 15) is 0 Å². The number of aliphatic imine (C=N–C) groups is 1. The van der Waals surface area contributed by atoms with Crippen molar-refractivity contribution in [1.29, 1.82) is 0 Å². The van der Waals surface area contributed by atoms with E-state index in [4.69, 9.17) is 10.5 Å². The van der Waals surface area contributed by atoms with Gasteiger partial charge in [0.2, 0.25) is 0 Å². The van der Waals surface area contributed by atoms with Crippen LogP contribution in [0.5, 0.6) is 0 Å². The van der Waals surface area contributed by atoms with Crippen LogP contribution in [-0.4, -0.2) is 19.0 Å². The molecule has 1 heterocycles. The number of benzene rings is 1. The lowest BCUT2D eigenvalue weighted by Gasteiger charge is -2.20. The van der Waals surface area contributed by atoms with Crippen molar-refractivity contribution < 1.29 is 4.74 Å². The number of hydrogen-bond donors (Lipinski definition) is 1. The average molecular weight is 176 g/mol. The normalized spacial score (nSPS) is 27.5. The molecule has 1 aliphatic heterocycles. The third kappa shape index (κ3) is 1.94. The molecule has 2 atom stereocenters. The van der Waals surface area contributed by atoms with Gasteiger partial charge < -0.3 is 10.5 Å². The van der Waals surface area contributed by atoms with Crippen LogP contribution in [0.15, 0.2) is 35.3 Å². The number of nitrogens with zero attached hydrogens (tertiary/aromatic N) is 1. The highest BCUT2D eigenvalue weighted by atomic mass is 16.5. The quantitative estimate of drug-likeness (QED) is 0.696. The molecule has 2 rings (SSSR count). The molecule has 1 aromatic rings. The van der Waals surface area contributed by atoms with Crippen molar-refractivity contribution in [3.8, 4) is 0 Å². The molecule has 13 heavy (non-hydrogen) atoms. The van der Waals surface area contributed by atoms with Crippen molar-refractivity contribution in [3.05, 3.63) is 35.9 Å². The van der Waals surface area contributed by atoms with E-state index in [0.29, 0.717) is 6.61 Å². The fraction of sp³-hybridized carbons (Fsp3) is 0.300. The summed E-state index contributed by atoms with van der Waals surface area (Å²) in [5.74, 6) is 0. The van der Waals surface area contributed by atoms with E-state index in [-0.39, 0.29) is 12.3 Å². The van der Waals surface area contributed by atoms with Crippen LogP contribution >= 0.6 is 0 Å². The first-order valence-electron chi connectivity index (χ1n) is 4.32. The molecule has 0 radical (unpaired) electrons. The van der Waals surface area contributed by atoms with Crippen molar-refractivity contribution in [2.24, 2.45) is 10.7 Å². The fourth-order valence-corrected chi connectivity index (χ4v) is 1.33. The summed E-state index contributed by atoms with van der Waals surface area (Å²) in [7, 11) is 0. The first kappa shape index (κ1) is 8.41. The van der Waals surface area contributed by atoms with Crippen molar-refractivity contribution >= 4 is 6.21 Å². The zero-order valence-corrected chi connectivity index (χ0v) is 7.26. The maximum atomic E-state index is 5.50. The summed E-state index contributed by atoms with van der Waals surface area (Å²) in [6.45, 7) is 0.571. The Labute approximate surface area is 77.2 Å². The summed E-state index contributed by atoms with van der Waals surface area (Å²) in [4.78, 5) is 4.31. The second-order valence-electron chi connectivity index (χ2n) is 3.02. The number of ether oxygens (including phenoxy) is 1. The van der Waals surface area contributed by atoms with Gasteiger partial charge in [0.1, 0.15) is 6.23 Å². The maximum absolute atomic E-state index is 5.50. The average Bonchev–Trinajstić information content (AvgIpc) is 2.20. The minimum absolute atomic E-state index is 0.112. The van der Waals surface area contributed by atoms with E-state index in [0.717, 1.165) is 0 Å². The van der Waals surface area contributed by atoms with Crippen molar-refractivity contribution in [2.75, 3.05) is 6.61 Å². The smallest absolute Gasteiger partial charge is 0.141 e. The van der Waals surface area contributed by atoms with E-state index in [1.807, 2.05) is 30.3 Å². The molecule has 1 aromatic carbocycles. The van der Waals surface area contributed by atoms with Gasteiger partial charge in [-0.1, -0.05) is 30.3 Å². The van der Waals surface area contributed by atoms with Gasteiger partial charge in [0.25, 0.3) is 0 Å².